The number of carboxylic acids is 1. The standard InChI is InChI=1S/C12H21NO4/c1-9-5-10(3-4-16-9)13-7-12(2,8-13)17-6-11(14)15/h9-10H,3-8H2,1-2H3,(H,14,15). The van der Waals surface area contributed by atoms with E-state index in [1.165, 1.54) is 0 Å². The van der Waals surface area contributed by atoms with Gasteiger partial charge in [0.1, 0.15) is 6.61 Å². The Morgan fingerprint density at radius 3 is 2.88 bits per heavy atom. The molecular weight excluding hydrogens is 222 g/mol. The van der Waals surface area contributed by atoms with E-state index in [9.17, 15) is 4.79 Å². The number of carbonyl (C=O) groups is 1. The van der Waals surface area contributed by atoms with E-state index < -0.39 is 5.97 Å². The molecule has 5 nitrogen and oxygen atoms in total. The molecule has 0 aromatic rings. The second kappa shape index (κ2) is 4.92. The molecule has 0 aromatic carbocycles. The molecule has 0 aliphatic carbocycles. The van der Waals surface area contributed by atoms with Gasteiger partial charge in [-0.05, 0) is 26.7 Å². The van der Waals surface area contributed by atoms with Crippen molar-refractivity contribution in [2.24, 2.45) is 0 Å². The Morgan fingerprint density at radius 2 is 2.29 bits per heavy atom. The molecule has 2 heterocycles. The van der Waals surface area contributed by atoms with Gasteiger partial charge in [0, 0.05) is 25.7 Å². The van der Waals surface area contributed by atoms with Crippen LogP contribution < -0.4 is 0 Å². The summed E-state index contributed by atoms with van der Waals surface area (Å²) in [6.45, 7) is 6.38. The van der Waals surface area contributed by atoms with Gasteiger partial charge in [-0.2, -0.15) is 0 Å². The average Bonchev–Trinajstić information content (AvgIpc) is 2.22. The Kier molecular flexibility index (Phi) is 3.70. The highest BCUT2D eigenvalue weighted by Crippen LogP contribution is 2.31. The van der Waals surface area contributed by atoms with Crippen LogP contribution in [0.5, 0.6) is 0 Å². The third kappa shape index (κ3) is 3.18. The van der Waals surface area contributed by atoms with Crippen molar-refractivity contribution in [3.05, 3.63) is 0 Å². The molecule has 0 spiro atoms. The number of likely N-dealkylation sites (tertiary alicyclic amines) is 1. The third-order valence-corrected chi connectivity index (χ3v) is 3.59. The summed E-state index contributed by atoms with van der Waals surface area (Å²) in [6.07, 6.45) is 2.47. The first-order chi connectivity index (χ1) is 7.98. The minimum atomic E-state index is -0.899. The van der Waals surface area contributed by atoms with Gasteiger partial charge in [0.2, 0.25) is 0 Å². The van der Waals surface area contributed by atoms with Crippen LogP contribution in [0.2, 0.25) is 0 Å². The molecule has 0 amide bonds. The van der Waals surface area contributed by atoms with Crippen molar-refractivity contribution >= 4 is 5.97 Å². The van der Waals surface area contributed by atoms with Crippen LogP contribution in [0.4, 0.5) is 0 Å². The Bertz CT molecular complexity index is 288. The maximum Gasteiger partial charge on any atom is 0.329 e. The predicted molar refractivity (Wildman–Crippen MR) is 62.0 cm³/mol. The van der Waals surface area contributed by atoms with Gasteiger partial charge in [0.15, 0.2) is 0 Å². The molecule has 2 aliphatic heterocycles. The van der Waals surface area contributed by atoms with Crippen LogP contribution in [0.3, 0.4) is 0 Å². The van der Waals surface area contributed by atoms with Crippen LogP contribution in [0.25, 0.3) is 0 Å². The Hall–Kier alpha value is -0.650. The van der Waals surface area contributed by atoms with E-state index in [1.54, 1.807) is 0 Å². The van der Waals surface area contributed by atoms with Gasteiger partial charge < -0.3 is 14.6 Å². The summed E-state index contributed by atoms with van der Waals surface area (Å²) in [7, 11) is 0. The second-order valence-electron chi connectivity index (χ2n) is 5.40. The van der Waals surface area contributed by atoms with E-state index in [4.69, 9.17) is 14.6 Å². The largest absolute Gasteiger partial charge is 0.480 e. The number of ether oxygens (including phenoxy) is 2. The van der Waals surface area contributed by atoms with E-state index in [2.05, 4.69) is 11.8 Å². The van der Waals surface area contributed by atoms with Crippen molar-refractivity contribution in [1.29, 1.82) is 0 Å². The van der Waals surface area contributed by atoms with Gasteiger partial charge >= 0.3 is 5.97 Å². The van der Waals surface area contributed by atoms with Crippen LogP contribution in [-0.2, 0) is 14.3 Å². The lowest BCUT2D eigenvalue weighted by Crippen LogP contribution is -2.65. The quantitative estimate of drug-likeness (QED) is 0.788. The molecule has 0 radical (unpaired) electrons. The molecule has 2 saturated heterocycles. The minimum absolute atomic E-state index is 0.200. The van der Waals surface area contributed by atoms with Crippen molar-refractivity contribution in [2.75, 3.05) is 26.3 Å². The van der Waals surface area contributed by atoms with Gasteiger partial charge in [-0.1, -0.05) is 0 Å². The van der Waals surface area contributed by atoms with Crippen molar-refractivity contribution in [3.63, 3.8) is 0 Å². The van der Waals surface area contributed by atoms with Gasteiger partial charge in [-0.15, -0.1) is 0 Å². The fourth-order valence-corrected chi connectivity index (χ4v) is 2.70. The van der Waals surface area contributed by atoms with Gasteiger partial charge in [0.25, 0.3) is 0 Å². The number of nitrogens with zero attached hydrogens (tertiary/aromatic N) is 1. The molecule has 2 atom stereocenters. The van der Waals surface area contributed by atoms with Gasteiger partial charge in [-0.3, -0.25) is 4.90 Å². The molecule has 2 aliphatic rings. The monoisotopic (exact) mass is 243 g/mol. The Balaban J connectivity index is 1.75. The summed E-state index contributed by atoms with van der Waals surface area (Å²) >= 11 is 0. The summed E-state index contributed by atoms with van der Waals surface area (Å²) in [5.41, 5.74) is -0.278. The first-order valence-electron chi connectivity index (χ1n) is 6.20. The molecule has 2 rings (SSSR count). The van der Waals surface area contributed by atoms with Crippen molar-refractivity contribution < 1.29 is 19.4 Å². The maximum atomic E-state index is 10.5. The first-order valence-corrected chi connectivity index (χ1v) is 6.20. The zero-order valence-electron chi connectivity index (χ0n) is 10.5. The number of hydrogen-bond donors (Lipinski definition) is 1. The van der Waals surface area contributed by atoms with E-state index in [0.29, 0.717) is 12.1 Å². The highest BCUT2D eigenvalue weighted by Gasteiger charge is 2.43. The van der Waals surface area contributed by atoms with Crippen LogP contribution >= 0.6 is 0 Å². The van der Waals surface area contributed by atoms with Gasteiger partial charge in [0.05, 0.1) is 11.7 Å². The number of carboxylic acid groups (broad SMARTS) is 1. The Labute approximate surface area is 102 Å². The lowest BCUT2D eigenvalue weighted by atomic mass is 9.90. The van der Waals surface area contributed by atoms with Crippen LogP contribution in [-0.4, -0.2) is 60.0 Å². The molecular formula is C12H21NO4. The normalized spacial score (nSPS) is 33.1. The van der Waals surface area contributed by atoms with Crippen molar-refractivity contribution in [1.82, 2.24) is 4.90 Å². The highest BCUT2D eigenvalue weighted by molar-refractivity contribution is 5.68. The molecule has 2 unspecified atom stereocenters. The summed E-state index contributed by atoms with van der Waals surface area (Å²) < 4.78 is 10.9. The third-order valence-electron chi connectivity index (χ3n) is 3.59. The molecule has 0 saturated carbocycles. The average molecular weight is 243 g/mol. The molecule has 0 aromatic heterocycles. The molecule has 1 N–H and O–H groups in total. The van der Waals surface area contributed by atoms with E-state index in [-0.39, 0.29) is 12.2 Å². The summed E-state index contributed by atoms with van der Waals surface area (Å²) in [5, 5.41) is 8.59. The number of aliphatic carboxylic acids is 1. The molecule has 17 heavy (non-hydrogen) atoms. The van der Waals surface area contributed by atoms with E-state index >= 15 is 0 Å². The highest BCUT2D eigenvalue weighted by atomic mass is 16.5. The predicted octanol–water partition coefficient (Wildman–Crippen LogP) is 0.729. The number of hydrogen-bond acceptors (Lipinski definition) is 4. The summed E-state index contributed by atoms with van der Waals surface area (Å²) in [5.74, 6) is -0.899. The summed E-state index contributed by atoms with van der Waals surface area (Å²) in [6, 6.07) is 0.570. The first kappa shape index (κ1) is 12.8. The molecule has 98 valence electrons. The Morgan fingerprint density at radius 1 is 1.59 bits per heavy atom. The van der Waals surface area contributed by atoms with Crippen LogP contribution in [0, 0.1) is 0 Å². The van der Waals surface area contributed by atoms with Crippen molar-refractivity contribution in [2.45, 2.75) is 44.4 Å². The SMILES string of the molecule is CC1CC(N2CC(C)(OCC(=O)O)C2)CCO1. The minimum Gasteiger partial charge on any atom is -0.480 e. The second-order valence-corrected chi connectivity index (χ2v) is 5.40. The topological polar surface area (TPSA) is 59.0 Å². The van der Waals surface area contributed by atoms with E-state index in [1.807, 2.05) is 6.92 Å². The zero-order valence-corrected chi connectivity index (χ0v) is 10.5. The fourth-order valence-electron chi connectivity index (χ4n) is 2.70. The molecule has 2 fully saturated rings. The number of rotatable bonds is 4. The molecule has 0 bridgehead atoms. The lowest BCUT2D eigenvalue weighted by Gasteiger charge is -2.52. The smallest absolute Gasteiger partial charge is 0.329 e. The van der Waals surface area contributed by atoms with Crippen LogP contribution in [0.1, 0.15) is 26.7 Å². The molecule has 5 heteroatoms. The lowest BCUT2D eigenvalue weighted by molar-refractivity contribution is -0.175. The van der Waals surface area contributed by atoms with Crippen LogP contribution in [0.15, 0.2) is 0 Å². The fraction of sp³-hybridized carbons (Fsp3) is 0.917. The zero-order chi connectivity index (χ0) is 12.5. The summed E-state index contributed by atoms with van der Waals surface area (Å²) in [4.78, 5) is 12.8. The van der Waals surface area contributed by atoms with E-state index in [0.717, 1.165) is 32.5 Å². The van der Waals surface area contributed by atoms with Gasteiger partial charge in [-0.25, -0.2) is 4.79 Å². The maximum absolute atomic E-state index is 10.5. The van der Waals surface area contributed by atoms with Crippen molar-refractivity contribution in [3.8, 4) is 0 Å².